The number of carbonyl (C=O) groups is 2. The monoisotopic (exact) mass is 406 g/mol. The lowest BCUT2D eigenvalue weighted by molar-refractivity contribution is -0.147. The molecule has 0 aliphatic carbocycles. The summed E-state index contributed by atoms with van der Waals surface area (Å²) in [6, 6.07) is 10.6. The number of halogens is 3. The molecule has 0 bridgehead atoms. The molecule has 0 unspecified atom stereocenters. The van der Waals surface area contributed by atoms with E-state index in [-0.39, 0.29) is 22.6 Å². The maximum Gasteiger partial charge on any atom is 0.449 e. The number of anilines is 2. The predicted octanol–water partition coefficient (Wildman–Crippen LogP) is 3.66. The fourth-order valence-corrected chi connectivity index (χ4v) is 2.87. The lowest BCUT2D eigenvalue weighted by Crippen LogP contribution is -2.23. The van der Waals surface area contributed by atoms with Crippen molar-refractivity contribution < 1.29 is 27.5 Å². The highest BCUT2D eigenvalue weighted by Crippen LogP contribution is 2.32. The second kappa shape index (κ2) is 7.82. The molecule has 0 fully saturated rings. The van der Waals surface area contributed by atoms with Crippen molar-refractivity contribution in [1.82, 2.24) is 9.55 Å². The minimum atomic E-state index is -4.72. The third-order valence-corrected chi connectivity index (χ3v) is 4.00. The summed E-state index contributed by atoms with van der Waals surface area (Å²) in [4.78, 5) is 27.4. The van der Waals surface area contributed by atoms with E-state index in [1.165, 1.54) is 38.3 Å². The minimum Gasteiger partial charge on any atom is -0.495 e. The van der Waals surface area contributed by atoms with Crippen LogP contribution in [0.25, 0.3) is 11.0 Å². The lowest BCUT2D eigenvalue weighted by atomic mass is 10.2. The van der Waals surface area contributed by atoms with E-state index in [2.05, 4.69) is 15.6 Å². The van der Waals surface area contributed by atoms with Crippen LogP contribution in [0.2, 0.25) is 0 Å². The van der Waals surface area contributed by atoms with E-state index in [9.17, 15) is 22.8 Å². The summed E-state index contributed by atoms with van der Waals surface area (Å²) in [5.74, 6) is -1.89. The first-order chi connectivity index (χ1) is 13.7. The lowest BCUT2D eigenvalue weighted by Gasteiger charge is -2.14. The van der Waals surface area contributed by atoms with Crippen LogP contribution < -0.4 is 15.4 Å². The smallest absolute Gasteiger partial charge is 0.449 e. The molecule has 29 heavy (non-hydrogen) atoms. The molecule has 2 amide bonds. The molecule has 152 valence electrons. The summed E-state index contributed by atoms with van der Waals surface area (Å²) in [7, 11) is 1.38. The zero-order valence-electron chi connectivity index (χ0n) is 15.5. The van der Waals surface area contributed by atoms with Crippen LogP contribution in [0.3, 0.4) is 0 Å². The number of hydrogen-bond acceptors (Lipinski definition) is 4. The summed E-state index contributed by atoms with van der Waals surface area (Å²) in [5, 5.41) is 5.08. The molecule has 0 atom stereocenters. The molecule has 3 rings (SSSR count). The zero-order chi connectivity index (χ0) is 21.2. The van der Waals surface area contributed by atoms with Gasteiger partial charge in [0, 0.05) is 12.6 Å². The first-order valence-electron chi connectivity index (χ1n) is 8.47. The first-order valence-corrected chi connectivity index (χ1v) is 8.47. The number of ether oxygens (including phenoxy) is 1. The van der Waals surface area contributed by atoms with Crippen molar-refractivity contribution in [2.24, 2.45) is 0 Å². The van der Waals surface area contributed by atoms with Crippen molar-refractivity contribution in [3.63, 3.8) is 0 Å². The second-order valence-electron chi connectivity index (χ2n) is 6.15. The van der Waals surface area contributed by atoms with Crippen LogP contribution in [0.15, 0.2) is 42.5 Å². The van der Waals surface area contributed by atoms with Gasteiger partial charge in [0.15, 0.2) is 0 Å². The molecule has 2 aromatic carbocycles. The SMILES string of the molecule is COc1ccc(NC(C)=O)cc1NC(=O)Cn1c(C(F)(F)F)nc2ccccc21. The number of benzene rings is 2. The molecule has 1 aromatic heterocycles. The van der Waals surface area contributed by atoms with E-state index in [1.807, 2.05) is 0 Å². The van der Waals surface area contributed by atoms with Gasteiger partial charge in [-0.15, -0.1) is 0 Å². The van der Waals surface area contributed by atoms with Crippen molar-refractivity contribution >= 4 is 34.2 Å². The molecular formula is C19H17F3N4O3. The summed E-state index contributed by atoms with van der Waals surface area (Å²) < 4.78 is 46.1. The number of alkyl halides is 3. The molecule has 1 heterocycles. The van der Waals surface area contributed by atoms with Crippen LogP contribution in [0.5, 0.6) is 5.75 Å². The Morgan fingerprint density at radius 1 is 1.14 bits per heavy atom. The Morgan fingerprint density at radius 2 is 1.86 bits per heavy atom. The van der Waals surface area contributed by atoms with Gasteiger partial charge in [-0.3, -0.25) is 9.59 Å². The third-order valence-electron chi connectivity index (χ3n) is 4.00. The van der Waals surface area contributed by atoms with Crippen molar-refractivity contribution in [2.75, 3.05) is 17.7 Å². The Morgan fingerprint density at radius 3 is 2.52 bits per heavy atom. The molecule has 7 nitrogen and oxygen atoms in total. The fraction of sp³-hybridized carbons (Fsp3) is 0.211. The first kappa shape index (κ1) is 20.2. The standard InChI is InChI=1S/C19H17F3N4O3/c1-11(27)23-12-7-8-16(29-2)14(9-12)24-17(28)10-26-15-6-4-3-5-13(15)25-18(26)19(20,21)22/h3-9H,10H2,1-2H3,(H,23,27)(H,24,28). The highest BCUT2D eigenvalue weighted by atomic mass is 19.4. The maximum atomic E-state index is 13.4. The van der Waals surface area contributed by atoms with Crippen LogP contribution in [0, 0.1) is 0 Å². The van der Waals surface area contributed by atoms with Gasteiger partial charge in [-0.1, -0.05) is 12.1 Å². The van der Waals surface area contributed by atoms with Gasteiger partial charge in [0.2, 0.25) is 17.6 Å². The zero-order valence-corrected chi connectivity index (χ0v) is 15.5. The number of hydrogen-bond donors (Lipinski definition) is 2. The summed E-state index contributed by atoms with van der Waals surface area (Å²) in [5.41, 5.74) is 0.936. The third kappa shape index (κ3) is 4.48. The van der Waals surface area contributed by atoms with E-state index in [4.69, 9.17) is 4.74 Å². The second-order valence-corrected chi connectivity index (χ2v) is 6.15. The molecular weight excluding hydrogens is 389 g/mol. The Hall–Kier alpha value is -3.56. The molecule has 0 aliphatic heterocycles. The Kier molecular flexibility index (Phi) is 5.44. The van der Waals surface area contributed by atoms with Gasteiger partial charge in [0.05, 0.1) is 23.8 Å². The molecule has 0 saturated carbocycles. The Bertz CT molecular complexity index is 1080. The average Bonchev–Trinajstić information content (AvgIpc) is 3.00. The van der Waals surface area contributed by atoms with Crippen molar-refractivity contribution in [2.45, 2.75) is 19.6 Å². The number of carbonyl (C=O) groups excluding carboxylic acids is 2. The van der Waals surface area contributed by atoms with Crippen LogP contribution in [-0.2, 0) is 22.3 Å². The number of fused-ring (bicyclic) bond motifs is 1. The Balaban J connectivity index is 1.91. The number of para-hydroxylation sites is 2. The summed E-state index contributed by atoms with van der Waals surface area (Å²) >= 11 is 0. The fourth-order valence-electron chi connectivity index (χ4n) is 2.87. The number of imidazole rings is 1. The highest BCUT2D eigenvalue weighted by Gasteiger charge is 2.38. The maximum absolute atomic E-state index is 13.4. The number of amides is 2. The van der Waals surface area contributed by atoms with Crippen LogP contribution in [0.1, 0.15) is 12.7 Å². The molecule has 2 N–H and O–H groups in total. The Labute approximate surface area is 163 Å². The number of nitrogens with one attached hydrogen (secondary N) is 2. The van der Waals surface area contributed by atoms with E-state index < -0.39 is 24.5 Å². The van der Waals surface area contributed by atoms with Gasteiger partial charge < -0.3 is 19.9 Å². The topological polar surface area (TPSA) is 85.3 Å². The quantitative estimate of drug-likeness (QED) is 0.677. The van der Waals surface area contributed by atoms with Gasteiger partial charge >= 0.3 is 6.18 Å². The van der Waals surface area contributed by atoms with Crippen molar-refractivity contribution in [1.29, 1.82) is 0 Å². The number of aromatic nitrogens is 2. The molecule has 0 aliphatic rings. The molecule has 0 radical (unpaired) electrons. The van der Waals surface area contributed by atoms with Gasteiger partial charge in [-0.2, -0.15) is 13.2 Å². The number of methoxy groups -OCH3 is 1. The van der Waals surface area contributed by atoms with E-state index in [0.29, 0.717) is 11.4 Å². The van der Waals surface area contributed by atoms with Crippen LogP contribution in [-0.4, -0.2) is 28.5 Å². The number of rotatable bonds is 5. The van der Waals surface area contributed by atoms with Crippen LogP contribution >= 0.6 is 0 Å². The molecule has 0 spiro atoms. The average molecular weight is 406 g/mol. The normalized spacial score (nSPS) is 11.3. The molecule has 0 saturated heterocycles. The number of nitrogens with zero attached hydrogens (tertiary/aromatic N) is 2. The van der Waals surface area contributed by atoms with E-state index >= 15 is 0 Å². The summed E-state index contributed by atoms with van der Waals surface area (Å²) in [6.45, 7) is 0.716. The van der Waals surface area contributed by atoms with Gasteiger partial charge in [0.25, 0.3) is 0 Å². The largest absolute Gasteiger partial charge is 0.495 e. The molecule has 3 aromatic rings. The predicted molar refractivity (Wildman–Crippen MR) is 101 cm³/mol. The van der Waals surface area contributed by atoms with E-state index in [1.54, 1.807) is 18.2 Å². The van der Waals surface area contributed by atoms with Crippen molar-refractivity contribution in [3.05, 3.63) is 48.3 Å². The van der Waals surface area contributed by atoms with Gasteiger partial charge in [-0.25, -0.2) is 4.98 Å². The molecule has 10 heteroatoms. The summed E-state index contributed by atoms with van der Waals surface area (Å²) in [6.07, 6.45) is -4.72. The van der Waals surface area contributed by atoms with E-state index in [0.717, 1.165) is 4.57 Å². The van der Waals surface area contributed by atoms with Gasteiger partial charge in [0.1, 0.15) is 12.3 Å². The van der Waals surface area contributed by atoms with Crippen molar-refractivity contribution in [3.8, 4) is 5.75 Å². The van der Waals surface area contributed by atoms with Gasteiger partial charge in [-0.05, 0) is 30.3 Å². The highest BCUT2D eigenvalue weighted by molar-refractivity contribution is 5.95. The van der Waals surface area contributed by atoms with Crippen LogP contribution in [0.4, 0.5) is 24.5 Å². The minimum absolute atomic E-state index is 0.137.